The van der Waals surface area contributed by atoms with E-state index in [1.807, 2.05) is 12.3 Å². The van der Waals surface area contributed by atoms with Crippen molar-refractivity contribution in [3.05, 3.63) is 30.1 Å². The standard InChI is InChI=1S/C16H26N2S/c1-3-14(17)16(15-9-4-5-10-18-15)19-13-8-6-7-12(2)11-13/h4-5,9-10,12-14,16H,3,6-8,11,17H2,1-2H3. The van der Waals surface area contributed by atoms with Crippen LogP contribution in [0.4, 0.5) is 0 Å². The van der Waals surface area contributed by atoms with E-state index in [-0.39, 0.29) is 6.04 Å². The Hall–Kier alpha value is -0.540. The molecule has 0 saturated heterocycles. The maximum Gasteiger partial charge on any atom is 0.0623 e. The van der Waals surface area contributed by atoms with E-state index in [9.17, 15) is 0 Å². The molecule has 1 aliphatic carbocycles. The van der Waals surface area contributed by atoms with Gasteiger partial charge in [-0.2, -0.15) is 0 Å². The van der Waals surface area contributed by atoms with Crippen LogP contribution >= 0.6 is 11.8 Å². The summed E-state index contributed by atoms with van der Waals surface area (Å²) in [4.78, 5) is 4.53. The van der Waals surface area contributed by atoms with Crippen molar-refractivity contribution in [3.8, 4) is 0 Å². The molecule has 0 amide bonds. The van der Waals surface area contributed by atoms with E-state index < -0.39 is 0 Å². The fraction of sp³-hybridized carbons (Fsp3) is 0.688. The van der Waals surface area contributed by atoms with E-state index in [0.29, 0.717) is 5.25 Å². The molecule has 0 radical (unpaired) electrons. The Labute approximate surface area is 121 Å². The lowest BCUT2D eigenvalue weighted by Gasteiger charge is -2.31. The van der Waals surface area contributed by atoms with Gasteiger partial charge in [0.15, 0.2) is 0 Å². The fourth-order valence-electron chi connectivity index (χ4n) is 2.86. The van der Waals surface area contributed by atoms with Gasteiger partial charge < -0.3 is 5.73 Å². The second-order valence-electron chi connectivity index (χ2n) is 5.78. The molecule has 0 aliphatic heterocycles. The van der Waals surface area contributed by atoms with Crippen LogP contribution in [-0.4, -0.2) is 16.3 Å². The Balaban J connectivity index is 2.06. The molecule has 1 fully saturated rings. The number of nitrogens with zero attached hydrogens (tertiary/aromatic N) is 1. The van der Waals surface area contributed by atoms with E-state index in [1.165, 1.54) is 25.7 Å². The number of aromatic nitrogens is 1. The molecule has 1 saturated carbocycles. The van der Waals surface area contributed by atoms with Crippen LogP contribution in [0.3, 0.4) is 0 Å². The predicted molar refractivity (Wildman–Crippen MR) is 84.3 cm³/mol. The van der Waals surface area contributed by atoms with Crippen molar-refractivity contribution in [3.63, 3.8) is 0 Å². The van der Waals surface area contributed by atoms with Crippen molar-refractivity contribution in [2.24, 2.45) is 11.7 Å². The summed E-state index contributed by atoms with van der Waals surface area (Å²) in [6, 6.07) is 6.38. The smallest absolute Gasteiger partial charge is 0.0623 e. The number of nitrogens with two attached hydrogens (primary N) is 1. The van der Waals surface area contributed by atoms with Crippen molar-refractivity contribution in [1.82, 2.24) is 4.98 Å². The number of thioether (sulfide) groups is 1. The van der Waals surface area contributed by atoms with Crippen molar-refractivity contribution in [2.45, 2.75) is 62.5 Å². The topological polar surface area (TPSA) is 38.9 Å². The number of rotatable bonds is 5. The van der Waals surface area contributed by atoms with Gasteiger partial charge in [0.25, 0.3) is 0 Å². The summed E-state index contributed by atoms with van der Waals surface area (Å²) < 4.78 is 0. The van der Waals surface area contributed by atoms with Gasteiger partial charge in [-0.25, -0.2) is 0 Å². The van der Waals surface area contributed by atoms with Gasteiger partial charge >= 0.3 is 0 Å². The third kappa shape index (κ3) is 4.22. The van der Waals surface area contributed by atoms with Crippen LogP contribution in [0.2, 0.25) is 0 Å². The number of pyridine rings is 1. The van der Waals surface area contributed by atoms with E-state index in [0.717, 1.165) is 23.3 Å². The highest BCUT2D eigenvalue weighted by Crippen LogP contribution is 2.41. The quantitative estimate of drug-likeness (QED) is 0.878. The van der Waals surface area contributed by atoms with Crippen LogP contribution < -0.4 is 5.73 Å². The molecule has 0 spiro atoms. The first-order valence-electron chi connectivity index (χ1n) is 7.52. The molecule has 0 aromatic carbocycles. The Kier molecular flexibility index (Phi) is 5.71. The van der Waals surface area contributed by atoms with Crippen LogP contribution in [0, 0.1) is 5.92 Å². The van der Waals surface area contributed by atoms with Crippen molar-refractivity contribution < 1.29 is 0 Å². The molecular weight excluding hydrogens is 252 g/mol. The van der Waals surface area contributed by atoms with Crippen LogP contribution in [0.15, 0.2) is 24.4 Å². The summed E-state index contributed by atoms with van der Waals surface area (Å²) in [7, 11) is 0. The molecule has 2 nitrogen and oxygen atoms in total. The molecular formula is C16H26N2S. The van der Waals surface area contributed by atoms with Crippen LogP contribution in [0.25, 0.3) is 0 Å². The van der Waals surface area contributed by atoms with E-state index in [2.05, 4.69) is 42.7 Å². The molecule has 4 atom stereocenters. The van der Waals surface area contributed by atoms with Gasteiger partial charge in [0.2, 0.25) is 0 Å². The van der Waals surface area contributed by atoms with Crippen LogP contribution in [0.5, 0.6) is 0 Å². The lowest BCUT2D eigenvalue weighted by atomic mass is 9.90. The monoisotopic (exact) mass is 278 g/mol. The average Bonchev–Trinajstić information content (AvgIpc) is 2.45. The molecule has 2 rings (SSSR count). The summed E-state index contributed by atoms with van der Waals surface area (Å²) in [6.07, 6.45) is 8.34. The Morgan fingerprint density at radius 1 is 1.42 bits per heavy atom. The zero-order valence-electron chi connectivity index (χ0n) is 12.1. The first kappa shape index (κ1) is 14.9. The highest BCUT2D eigenvalue weighted by Gasteiger charge is 2.27. The Morgan fingerprint density at radius 3 is 2.89 bits per heavy atom. The molecule has 1 heterocycles. The molecule has 4 unspecified atom stereocenters. The maximum atomic E-state index is 6.34. The van der Waals surface area contributed by atoms with Gasteiger partial charge in [0.1, 0.15) is 0 Å². The van der Waals surface area contributed by atoms with Gasteiger partial charge in [0.05, 0.1) is 10.9 Å². The maximum absolute atomic E-state index is 6.34. The highest BCUT2D eigenvalue weighted by molar-refractivity contribution is 8.00. The lowest BCUT2D eigenvalue weighted by molar-refractivity contribution is 0.393. The molecule has 106 valence electrons. The third-order valence-corrected chi connectivity index (χ3v) is 5.76. The van der Waals surface area contributed by atoms with Crippen LogP contribution in [-0.2, 0) is 0 Å². The first-order chi connectivity index (χ1) is 9.20. The van der Waals surface area contributed by atoms with Crippen molar-refractivity contribution in [2.75, 3.05) is 0 Å². The third-order valence-electron chi connectivity index (χ3n) is 4.07. The first-order valence-corrected chi connectivity index (χ1v) is 8.47. The molecule has 0 bridgehead atoms. The summed E-state index contributed by atoms with van der Waals surface area (Å²) in [5.74, 6) is 0.869. The normalized spacial score (nSPS) is 26.9. The molecule has 19 heavy (non-hydrogen) atoms. The highest BCUT2D eigenvalue weighted by atomic mass is 32.2. The minimum atomic E-state index is 0.206. The zero-order chi connectivity index (χ0) is 13.7. The summed E-state index contributed by atoms with van der Waals surface area (Å²) in [6.45, 7) is 4.55. The molecule has 1 aromatic heterocycles. The Bertz CT molecular complexity index is 368. The van der Waals surface area contributed by atoms with Gasteiger partial charge in [0, 0.05) is 17.5 Å². The number of hydrogen-bond donors (Lipinski definition) is 1. The molecule has 1 aromatic rings. The van der Waals surface area contributed by atoms with Crippen molar-refractivity contribution >= 4 is 11.8 Å². The van der Waals surface area contributed by atoms with Crippen LogP contribution in [0.1, 0.15) is 56.9 Å². The average molecular weight is 278 g/mol. The van der Waals surface area contributed by atoms with E-state index >= 15 is 0 Å². The van der Waals surface area contributed by atoms with Gasteiger partial charge in [-0.05, 0) is 37.3 Å². The largest absolute Gasteiger partial charge is 0.326 e. The summed E-state index contributed by atoms with van der Waals surface area (Å²) >= 11 is 2.07. The van der Waals surface area contributed by atoms with Crippen molar-refractivity contribution in [1.29, 1.82) is 0 Å². The second kappa shape index (κ2) is 7.30. The molecule has 1 aliphatic rings. The molecule has 3 heteroatoms. The fourth-order valence-corrected chi connectivity index (χ4v) is 4.69. The lowest BCUT2D eigenvalue weighted by Crippen LogP contribution is -2.29. The SMILES string of the molecule is CCC(N)C(SC1CCCC(C)C1)c1ccccn1. The molecule has 2 N–H and O–H groups in total. The predicted octanol–water partition coefficient (Wildman–Crippen LogP) is 4.17. The van der Waals surface area contributed by atoms with E-state index in [1.54, 1.807) is 0 Å². The minimum Gasteiger partial charge on any atom is -0.326 e. The van der Waals surface area contributed by atoms with Gasteiger partial charge in [-0.3, -0.25) is 4.98 Å². The number of hydrogen-bond acceptors (Lipinski definition) is 3. The summed E-state index contributed by atoms with van der Waals surface area (Å²) in [5, 5.41) is 1.11. The minimum absolute atomic E-state index is 0.206. The Morgan fingerprint density at radius 2 is 2.26 bits per heavy atom. The van der Waals surface area contributed by atoms with Gasteiger partial charge in [-0.15, -0.1) is 11.8 Å². The zero-order valence-corrected chi connectivity index (χ0v) is 12.9. The second-order valence-corrected chi connectivity index (χ2v) is 7.22. The van der Waals surface area contributed by atoms with E-state index in [4.69, 9.17) is 5.73 Å². The summed E-state index contributed by atoms with van der Waals surface area (Å²) in [5.41, 5.74) is 7.49. The van der Waals surface area contributed by atoms with Gasteiger partial charge in [-0.1, -0.05) is 32.8 Å².